The van der Waals surface area contributed by atoms with E-state index >= 15 is 4.39 Å². The first kappa shape index (κ1) is 23.8. The molecule has 0 N–H and O–H groups in total. The van der Waals surface area contributed by atoms with Crippen LogP contribution in [0.2, 0.25) is 0 Å². The second-order valence-electron chi connectivity index (χ2n) is 10.6. The van der Waals surface area contributed by atoms with Gasteiger partial charge in [0.05, 0.1) is 5.69 Å². The molecule has 3 aromatic rings. The molecule has 3 aliphatic rings. The molecule has 2 aliphatic heterocycles. The van der Waals surface area contributed by atoms with E-state index in [-0.39, 0.29) is 30.1 Å². The summed E-state index contributed by atoms with van der Waals surface area (Å²) in [5.41, 5.74) is 3.72. The third kappa shape index (κ3) is 4.22. The first-order valence-electron chi connectivity index (χ1n) is 13.3. The smallest absolute Gasteiger partial charge is 0.272 e. The first-order chi connectivity index (χ1) is 17.9. The summed E-state index contributed by atoms with van der Waals surface area (Å²) in [6.07, 6.45) is 9.18. The Morgan fingerprint density at radius 1 is 1.08 bits per heavy atom. The number of ether oxygens (including phenoxy) is 1. The lowest BCUT2D eigenvalue weighted by atomic mass is 9.82. The number of carbonyl (C=O) groups excluding carboxylic acids is 2. The summed E-state index contributed by atoms with van der Waals surface area (Å²) in [4.78, 5) is 32.0. The van der Waals surface area contributed by atoms with Crippen molar-refractivity contribution in [1.29, 1.82) is 0 Å². The zero-order valence-electron chi connectivity index (χ0n) is 21.3. The van der Waals surface area contributed by atoms with Gasteiger partial charge < -0.3 is 9.64 Å². The molecule has 0 bridgehead atoms. The van der Waals surface area contributed by atoms with Crippen LogP contribution in [-0.2, 0) is 4.79 Å². The molecular weight excluding hydrogens is 471 g/mol. The SMILES string of the molecule is CC(=O)C1=Cc2ccc(-c3cc4nc(C(=O)N5CCCCC[C@H]5C)cc(C5CCC5)n4n3)c(F)c2OC1. The van der Waals surface area contributed by atoms with Gasteiger partial charge >= 0.3 is 0 Å². The maximum atomic E-state index is 15.6. The summed E-state index contributed by atoms with van der Waals surface area (Å²) < 4.78 is 23.0. The van der Waals surface area contributed by atoms with Gasteiger partial charge in [0, 0.05) is 47.0 Å². The number of amides is 1. The molecule has 1 aromatic carbocycles. The molecule has 1 saturated heterocycles. The van der Waals surface area contributed by atoms with Gasteiger partial charge in [-0.3, -0.25) is 9.59 Å². The van der Waals surface area contributed by atoms with Gasteiger partial charge in [-0.25, -0.2) is 13.9 Å². The first-order valence-corrected chi connectivity index (χ1v) is 13.3. The Kier molecular flexibility index (Phi) is 6.05. The molecule has 7 nitrogen and oxygen atoms in total. The van der Waals surface area contributed by atoms with Crippen molar-refractivity contribution in [3.05, 3.63) is 52.6 Å². The number of aromatic nitrogens is 3. The van der Waals surface area contributed by atoms with Crippen LogP contribution < -0.4 is 4.74 Å². The Bertz CT molecular complexity index is 1440. The number of nitrogens with zero attached hydrogens (tertiary/aromatic N) is 4. The zero-order valence-corrected chi connectivity index (χ0v) is 21.3. The van der Waals surface area contributed by atoms with Crippen LogP contribution in [-0.4, -0.2) is 50.4 Å². The summed E-state index contributed by atoms with van der Waals surface area (Å²) in [6, 6.07) is 7.23. The number of Topliss-reactive ketones (excluding diaryl/α,β-unsaturated/α-hetero) is 1. The standard InChI is InChI=1S/C29H31FN4O3/c1-17-7-4-3-5-12-33(17)29(36)24-14-25(19-8-6-9-19)34-26(31-24)15-23(32-34)22-11-10-20-13-21(18(2)35)16-37-28(20)27(22)30/h10-11,13-15,17,19H,3-9,12,16H2,1-2H3/t17-/m1/s1. The van der Waals surface area contributed by atoms with E-state index in [9.17, 15) is 9.59 Å². The predicted molar refractivity (Wildman–Crippen MR) is 138 cm³/mol. The van der Waals surface area contributed by atoms with Crippen LogP contribution >= 0.6 is 0 Å². The van der Waals surface area contributed by atoms with Gasteiger partial charge in [-0.05, 0) is 57.7 Å². The molecule has 37 heavy (non-hydrogen) atoms. The maximum absolute atomic E-state index is 15.6. The van der Waals surface area contributed by atoms with Gasteiger partial charge in [-0.1, -0.05) is 25.3 Å². The molecule has 0 radical (unpaired) electrons. The third-order valence-corrected chi connectivity index (χ3v) is 8.07. The van der Waals surface area contributed by atoms with Gasteiger partial charge in [0.25, 0.3) is 5.91 Å². The number of benzene rings is 1. The lowest BCUT2D eigenvalue weighted by Crippen LogP contribution is -2.38. The molecule has 1 amide bonds. The normalized spacial score (nSPS) is 20.0. The minimum atomic E-state index is -0.514. The van der Waals surface area contributed by atoms with E-state index in [1.54, 1.807) is 28.8 Å². The quantitative estimate of drug-likeness (QED) is 0.466. The van der Waals surface area contributed by atoms with Crippen LogP contribution in [0.15, 0.2) is 29.8 Å². The fourth-order valence-electron chi connectivity index (χ4n) is 5.57. The second-order valence-corrected chi connectivity index (χ2v) is 10.6. The predicted octanol–water partition coefficient (Wildman–Crippen LogP) is 5.57. The molecule has 1 aliphatic carbocycles. The van der Waals surface area contributed by atoms with Gasteiger partial charge in [0.2, 0.25) is 0 Å². The Labute approximate surface area is 215 Å². The Morgan fingerprint density at radius 3 is 2.68 bits per heavy atom. The number of hydrogen-bond acceptors (Lipinski definition) is 5. The summed E-state index contributed by atoms with van der Waals surface area (Å²) in [6.45, 7) is 4.37. The summed E-state index contributed by atoms with van der Waals surface area (Å²) in [7, 11) is 0. The summed E-state index contributed by atoms with van der Waals surface area (Å²) in [5.74, 6) is -0.220. The fourth-order valence-corrected chi connectivity index (χ4v) is 5.57. The van der Waals surface area contributed by atoms with E-state index in [1.165, 1.54) is 6.92 Å². The highest BCUT2D eigenvalue weighted by molar-refractivity contribution is 5.99. The third-order valence-electron chi connectivity index (χ3n) is 8.07. The maximum Gasteiger partial charge on any atom is 0.272 e. The van der Waals surface area contributed by atoms with Crippen molar-refractivity contribution in [2.75, 3.05) is 13.2 Å². The highest BCUT2D eigenvalue weighted by atomic mass is 19.1. The van der Waals surface area contributed by atoms with Crippen molar-refractivity contribution < 1.29 is 18.7 Å². The molecule has 0 spiro atoms. The van der Waals surface area contributed by atoms with Gasteiger partial charge in [-0.2, -0.15) is 5.10 Å². The van der Waals surface area contributed by atoms with Crippen LogP contribution in [0.1, 0.15) is 86.5 Å². The van der Waals surface area contributed by atoms with E-state index in [2.05, 4.69) is 6.92 Å². The molecule has 0 unspecified atom stereocenters. The molecule has 4 heterocycles. The molecule has 6 rings (SSSR count). The molecule has 1 atom stereocenters. The van der Waals surface area contributed by atoms with E-state index in [4.69, 9.17) is 14.8 Å². The van der Waals surface area contributed by atoms with Gasteiger partial charge in [0.15, 0.2) is 23.0 Å². The number of rotatable bonds is 4. The Morgan fingerprint density at radius 2 is 1.92 bits per heavy atom. The minimum absolute atomic E-state index is 0.0401. The fraction of sp³-hybridized carbons (Fsp3) is 0.448. The topological polar surface area (TPSA) is 76.8 Å². The number of hydrogen-bond donors (Lipinski definition) is 0. The second kappa shape index (κ2) is 9.39. The lowest BCUT2D eigenvalue weighted by Gasteiger charge is -2.29. The van der Waals surface area contributed by atoms with Crippen molar-refractivity contribution in [3.8, 4) is 17.0 Å². The van der Waals surface area contributed by atoms with Crippen LogP contribution in [0.4, 0.5) is 4.39 Å². The highest BCUT2D eigenvalue weighted by Crippen LogP contribution is 2.39. The number of fused-ring (bicyclic) bond motifs is 2. The molecule has 192 valence electrons. The Hall–Kier alpha value is -3.55. The number of halogens is 1. The van der Waals surface area contributed by atoms with Gasteiger partial charge in [0.1, 0.15) is 12.3 Å². The van der Waals surface area contributed by atoms with Crippen LogP contribution in [0.25, 0.3) is 23.0 Å². The van der Waals surface area contributed by atoms with Crippen LogP contribution in [0, 0.1) is 5.82 Å². The van der Waals surface area contributed by atoms with Gasteiger partial charge in [-0.15, -0.1) is 0 Å². The van der Waals surface area contributed by atoms with E-state index < -0.39 is 5.82 Å². The highest BCUT2D eigenvalue weighted by Gasteiger charge is 2.29. The lowest BCUT2D eigenvalue weighted by molar-refractivity contribution is -0.113. The van der Waals surface area contributed by atoms with Crippen molar-refractivity contribution in [2.24, 2.45) is 0 Å². The molecule has 8 heteroatoms. The molecule has 1 saturated carbocycles. The van der Waals surface area contributed by atoms with Crippen molar-refractivity contribution in [3.63, 3.8) is 0 Å². The largest absolute Gasteiger partial charge is 0.485 e. The van der Waals surface area contributed by atoms with E-state index in [0.29, 0.717) is 39.7 Å². The van der Waals surface area contributed by atoms with Crippen molar-refractivity contribution >= 4 is 23.4 Å². The van der Waals surface area contributed by atoms with E-state index in [0.717, 1.165) is 57.2 Å². The zero-order chi connectivity index (χ0) is 25.7. The summed E-state index contributed by atoms with van der Waals surface area (Å²) >= 11 is 0. The van der Waals surface area contributed by atoms with Crippen LogP contribution in [0.5, 0.6) is 5.75 Å². The molecule has 2 fully saturated rings. The van der Waals surface area contributed by atoms with Crippen molar-refractivity contribution in [2.45, 2.75) is 70.8 Å². The van der Waals surface area contributed by atoms with Crippen molar-refractivity contribution in [1.82, 2.24) is 19.5 Å². The average Bonchev–Trinajstić information content (AvgIpc) is 3.17. The van der Waals surface area contributed by atoms with E-state index in [1.807, 2.05) is 11.0 Å². The minimum Gasteiger partial charge on any atom is -0.485 e. The number of ketones is 1. The monoisotopic (exact) mass is 502 g/mol. The summed E-state index contributed by atoms with van der Waals surface area (Å²) in [5, 5.41) is 4.75. The number of likely N-dealkylation sites (tertiary alicyclic amines) is 1. The molecule has 2 aromatic heterocycles. The van der Waals surface area contributed by atoms with Crippen LogP contribution in [0.3, 0.4) is 0 Å². The Balaban J connectivity index is 1.42. The molecular formula is C29H31FN4O3. The number of carbonyl (C=O) groups is 2. The average molecular weight is 503 g/mol.